The van der Waals surface area contributed by atoms with E-state index in [2.05, 4.69) is 26.1 Å². The van der Waals surface area contributed by atoms with E-state index in [1.165, 1.54) is 0 Å². The summed E-state index contributed by atoms with van der Waals surface area (Å²) in [6, 6.07) is -0.561. The minimum absolute atomic E-state index is 0.0756. The van der Waals surface area contributed by atoms with Crippen LogP contribution in [-0.4, -0.2) is 65.4 Å². The fourth-order valence-corrected chi connectivity index (χ4v) is 5.26. The standard InChI is InChI=1S/C22H35N3O5/c1-5-8-24(11-16-6-7-16)17(26)13-30-18(27)12-25-19(28)22(23-20(25)29)10-15(2)9-21(3,4)14-22/h15-16H,5-14H2,1-4H3,(H,23,29). The highest BCUT2D eigenvalue weighted by Gasteiger charge is 2.56. The number of esters is 1. The summed E-state index contributed by atoms with van der Waals surface area (Å²) in [5, 5.41) is 2.84. The van der Waals surface area contributed by atoms with Gasteiger partial charge in [0, 0.05) is 13.1 Å². The number of nitrogens with one attached hydrogen (secondary N) is 1. The number of hydrogen-bond donors (Lipinski definition) is 1. The van der Waals surface area contributed by atoms with Crippen molar-refractivity contribution in [2.24, 2.45) is 17.3 Å². The van der Waals surface area contributed by atoms with E-state index in [0.717, 1.165) is 30.6 Å². The van der Waals surface area contributed by atoms with Gasteiger partial charge >= 0.3 is 12.0 Å². The van der Waals surface area contributed by atoms with Gasteiger partial charge in [-0.05, 0) is 55.8 Å². The van der Waals surface area contributed by atoms with Gasteiger partial charge < -0.3 is 15.0 Å². The lowest BCUT2D eigenvalue weighted by molar-refractivity contribution is -0.154. The first-order chi connectivity index (χ1) is 14.0. The molecule has 4 amide bonds. The quantitative estimate of drug-likeness (QED) is 0.479. The molecule has 3 aliphatic rings. The topological polar surface area (TPSA) is 96.0 Å². The van der Waals surface area contributed by atoms with E-state index in [-0.39, 0.29) is 23.8 Å². The van der Waals surface area contributed by atoms with Crippen LogP contribution in [0.5, 0.6) is 0 Å². The third kappa shape index (κ3) is 5.13. The molecule has 1 saturated heterocycles. The molecule has 2 saturated carbocycles. The number of carbonyl (C=O) groups is 4. The highest BCUT2D eigenvalue weighted by Crippen LogP contribution is 2.46. The van der Waals surface area contributed by atoms with Crippen molar-refractivity contribution in [2.45, 2.75) is 71.8 Å². The van der Waals surface area contributed by atoms with Crippen molar-refractivity contribution in [3.05, 3.63) is 0 Å². The first-order valence-corrected chi connectivity index (χ1v) is 11.1. The van der Waals surface area contributed by atoms with Gasteiger partial charge in [0.25, 0.3) is 11.8 Å². The van der Waals surface area contributed by atoms with E-state index in [1.807, 2.05) is 6.92 Å². The van der Waals surface area contributed by atoms with Gasteiger partial charge in [-0.2, -0.15) is 0 Å². The zero-order valence-corrected chi connectivity index (χ0v) is 18.7. The second-order valence-electron chi connectivity index (χ2n) is 10.2. The summed E-state index contributed by atoms with van der Waals surface area (Å²) in [6.07, 6.45) is 5.21. The molecule has 0 aromatic heterocycles. The molecule has 3 rings (SSSR count). The number of nitrogens with zero attached hydrogens (tertiary/aromatic N) is 2. The number of rotatable bonds is 8. The zero-order chi connectivity index (χ0) is 22.1. The molecule has 2 atom stereocenters. The third-order valence-corrected chi connectivity index (χ3v) is 6.29. The Morgan fingerprint density at radius 3 is 2.53 bits per heavy atom. The van der Waals surface area contributed by atoms with E-state index in [9.17, 15) is 19.2 Å². The van der Waals surface area contributed by atoms with Gasteiger partial charge in [0.2, 0.25) is 0 Å². The summed E-state index contributed by atoms with van der Waals surface area (Å²) in [5.41, 5.74) is -1.02. The first-order valence-electron chi connectivity index (χ1n) is 11.1. The van der Waals surface area contributed by atoms with Crippen LogP contribution in [0.25, 0.3) is 0 Å². The Hall–Kier alpha value is -2.12. The fourth-order valence-electron chi connectivity index (χ4n) is 5.26. The maximum absolute atomic E-state index is 13.1. The predicted molar refractivity (Wildman–Crippen MR) is 110 cm³/mol. The Kier molecular flexibility index (Phi) is 6.43. The molecule has 0 aromatic carbocycles. The summed E-state index contributed by atoms with van der Waals surface area (Å²) in [6.45, 7) is 8.78. The minimum Gasteiger partial charge on any atom is -0.454 e. The Labute approximate surface area is 178 Å². The maximum atomic E-state index is 13.1. The van der Waals surface area contributed by atoms with Crippen LogP contribution in [0, 0.1) is 17.3 Å². The lowest BCUT2D eigenvalue weighted by Gasteiger charge is -2.43. The molecule has 2 aliphatic carbocycles. The smallest absolute Gasteiger partial charge is 0.326 e. The lowest BCUT2D eigenvalue weighted by atomic mass is 9.64. The second kappa shape index (κ2) is 8.55. The van der Waals surface area contributed by atoms with Crippen molar-refractivity contribution < 1.29 is 23.9 Å². The van der Waals surface area contributed by atoms with Gasteiger partial charge in [-0.15, -0.1) is 0 Å². The molecule has 0 bridgehead atoms. The fraction of sp³-hybridized carbons (Fsp3) is 0.818. The molecule has 0 aromatic rings. The van der Waals surface area contributed by atoms with E-state index in [0.29, 0.717) is 37.8 Å². The third-order valence-electron chi connectivity index (χ3n) is 6.29. The Bertz CT molecular complexity index is 718. The molecule has 3 fully saturated rings. The van der Waals surface area contributed by atoms with Crippen LogP contribution in [0.4, 0.5) is 4.79 Å². The molecular formula is C22H35N3O5. The molecule has 0 radical (unpaired) electrons. The van der Waals surface area contributed by atoms with E-state index >= 15 is 0 Å². The van der Waals surface area contributed by atoms with Crippen molar-refractivity contribution >= 4 is 23.8 Å². The lowest BCUT2D eigenvalue weighted by Crippen LogP contribution is -2.54. The summed E-state index contributed by atoms with van der Waals surface area (Å²) in [4.78, 5) is 52.9. The Morgan fingerprint density at radius 1 is 1.23 bits per heavy atom. The molecule has 1 spiro atoms. The number of imide groups is 1. The molecule has 168 valence electrons. The highest BCUT2D eigenvalue weighted by atomic mass is 16.5. The molecular weight excluding hydrogens is 386 g/mol. The van der Waals surface area contributed by atoms with Crippen molar-refractivity contribution in [1.29, 1.82) is 0 Å². The van der Waals surface area contributed by atoms with Crippen LogP contribution in [0.1, 0.15) is 66.2 Å². The van der Waals surface area contributed by atoms with Gasteiger partial charge in [-0.1, -0.05) is 27.7 Å². The average Bonchev–Trinajstić information content (AvgIpc) is 3.42. The maximum Gasteiger partial charge on any atom is 0.326 e. The SMILES string of the molecule is CCCN(CC1CC1)C(=O)COC(=O)CN1C(=O)NC2(CC(C)CC(C)(C)C2)C1=O. The number of hydrogen-bond acceptors (Lipinski definition) is 5. The van der Waals surface area contributed by atoms with Crippen LogP contribution in [0.3, 0.4) is 0 Å². The normalized spacial score (nSPS) is 27.9. The summed E-state index contributed by atoms with van der Waals surface area (Å²) in [7, 11) is 0. The van der Waals surface area contributed by atoms with Gasteiger partial charge in [0.05, 0.1) is 0 Å². The van der Waals surface area contributed by atoms with E-state index in [4.69, 9.17) is 4.74 Å². The number of urea groups is 1. The van der Waals surface area contributed by atoms with Crippen LogP contribution in [0.2, 0.25) is 0 Å². The van der Waals surface area contributed by atoms with Crippen LogP contribution >= 0.6 is 0 Å². The summed E-state index contributed by atoms with van der Waals surface area (Å²) in [5.74, 6) is -0.487. The molecule has 30 heavy (non-hydrogen) atoms. The Balaban J connectivity index is 1.55. The Morgan fingerprint density at radius 2 is 1.93 bits per heavy atom. The molecule has 1 N–H and O–H groups in total. The van der Waals surface area contributed by atoms with Crippen molar-refractivity contribution in [2.75, 3.05) is 26.2 Å². The monoisotopic (exact) mass is 421 g/mol. The first kappa shape index (κ1) is 22.6. The predicted octanol–water partition coefficient (Wildman–Crippen LogP) is 2.31. The van der Waals surface area contributed by atoms with Gasteiger partial charge in [-0.3, -0.25) is 19.3 Å². The van der Waals surface area contributed by atoms with Crippen molar-refractivity contribution in [3.63, 3.8) is 0 Å². The van der Waals surface area contributed by atoms with E-state index in [1.54, 1.807) is 4.90 Å². The van der Waals surface area contributed by atoms with Crippen LogP contribution < -0.4 is 5.32 Å². The molecule has 8 heteroatoms. The molecule has 1 aliphatic heterocycles. The largest absolute Gasteiger partial charge is 0.454 e. The number of ether oxygens (including phenoxy) is 1. The van der Waals surface area contributed by atoms with Gasteiger partial charge in [0.1, 0.15) is 12.1 Å². The molecule has 8 nitrogen and oxygen atoms in total. The average molecular weight is 422 g/mol. The second-order valence-corrected chi connectivity index (χ2v) is 10.2. The highest BCUT2D eigenvalue weighted by molar-refractivity contribution is 6.08. The number of carbonyl (C=O) groups excluding carboxylic acids is 4. The molecule has 1 heterocycles. The van der Waals surface area contributed by atoms with Crippen molar-refractivity contribution in [1.82, 2.24) is 15.1 Å². The van der Waals surface area contributed by atoms with Crippen molar-refractivity contribution in [3.8, 4) is 0 Å². The summed E-state index contributed by atoms with van der Waals surface area (Å²) >= 11 is 0. The number of amides is 4. The van der Waals surface area contributed by atoms with Gasteiger partial charge in [0.15, 0.2) is 6.61 Å². The van der Waals surface area contributed by atoms with Crippen LogP contribution in [0.15, 0.2) is 0 Å². The molecule has 2 unspecified atom stereocenters. The van der Waals surface area contributed by atoms with Gasteiger partial charge in [-0.25, -0.2) is 4.79 Å². The zero-order valence-electron chi connectivity index (χ0n) is 18.7. The van der Waals surface area contributed by atoms with Crippen LogP contribution in [-0.2, 0) is 19.1 Å². The summed E-state index contributed by atoms with van der Waals surface area (Å²) < 4.78 is 5.13. The van der Waals surface area contributed by atoms with E-state index < -0.39 is 24.1 Å². The minimum atomic E-state index is -0.948.